The maximum Gasteiger partial charge on any atom is 0.407 e. The number of nitrogens with one attached hydrogen (secondary N) is 2. The van der Waals surface area contributed by atoms with Crippen LogP contribution in [0.4, 0.5) is 4.79 Å². The topological polar surface area (TPSA) is 254 Å². The summed E-state index contributed by atoms with van der Waals surface area (Å²) < 4.78 is 29.0. The Bertz CT molecular complexity index is 2820. The number of methoxy groups -OCH3 is 1. The van der Waals surface area contributed by atoms with Crippen molar-refractivity contribution in [3.63, 3.8) is 0 Å². The lowest BCUT2D eigenvalue weighted by Crippen LogP contribution is -2.56. The quantitative estimate of drug-likeness (QED) is 0.0163. The van der Waals surface area contributed by atoms with Crippen LogP contribution in [0.2, 0.25) is 0 Å². The Balaban J connectivity index is 0.898. The zero-order valence-electron chi connectivity index (χ0n) is 45.7. The molecule has 0 unspecified atom stereocenters. The molecule has 2 amide bonds. The van der Waals surface area contributed by atoms with Gasteiger partial charge in [-0.2, -0.15) is 0 Å². The van der Waals surface area contributed by atoms with E-state index in [1.165, 1.54) is 96.4 Å². The molecule has 79 heavy (non-hydrogen) atoms. The smallest absolute Gasteiger partial charge is 0.407 e. The number of esters is 1. The number of aliphatic hydroxyl groups is 2. The maximum absolute atomic E-state index is 14.3. The molecule has 4 aromatic rings. The average Bonchev–Trinajstić information content (AvgIpc) is 3.91. The molecule has 0 bridgehead atoms. The summed E-state index contributed by atoms with van der Waals surface area (Å²) in [6.07, 6.45) is 8.92. The van der Waals surface area contributed by atoms with Gasteiger partial charge < -0.3 is 54.7 Å². The van der Waals surface area contributed by atoms with Crippen LogP contribution in [0.5, 0.6) is 17.2 Å². The van der Waals surface area contributed by atoms with Crippen molar-refractivity contribution in [1.29, 1.82) is 0 Å². The van der Waals surface area contributed by atoms with Crippen molar-refractivity contribution in [2.45, 2.75) is 178 Å². The number of ketones is 3. The molecule has 0 saturated carbocycles. The first-order valence-electron chi connectivity index (χ1n) is 28.3. The molecule has 6 N–H and O–H groups in total. The lowest BCUT2D eigenvalue weighted by atomic mass is 9.72. The fraction of sp³-hybridized carbons (Fsp3) is 0.516. The van der Waals surface area contributed by atoms with E-state index >= 15 is 0 Å². The molecule has 17 heteroatoms. The molecule has 1 fully saturated rings. The summed E-state index contributed by atoms with van der Waals surface area (Å²) in [6, 6.07) is 19.0. The van der Waals surface area contributed by atoms with Gasteiger partial charge in [0.2, 0.25) is 17.5 Å². The zero-order valence-corrected chi connectivity index (χ0v) is 45.7. The fourth-order valence-electron chi connectivity index (χ4n) is 11.7. The van der Waals surface area contributed by atoms with Gasteiger partial charge in [-0.3, -0.25) is 24.0 Å². The van der Waals surface area contributed by atoms with Crippen molar-refractivity contribution >= 4 is 35.3 Å². The van der Waals surface area contributed by atoms with Crippen LogP contribution in [0.25, 0.3) is 11.1 Å². The average molecular weight is 1090 g/mol. The van der Waals surface area contributed by atoms with Crippen molar-refractivity contribution in [3.05, 3.63) is 111 Å². The number of phenols is 2. The summed E-state index contributed by atoms with van der Waals surface area (Å²) >= 11 is 0. The van der Waals surface area contributed by atoms with Crippen LogP contribution in [-0.4, -0.2) is 113 Å². The number of amides is 2. The first-order valence-corrected chi connectivity index (χ1v) is 28.3. The molecule has 3 aliphatic carbocycles. The number of alkyl carbamates (subject to hydrolysis) is 1. The maximum atomic E-state index is 14.3. The minimum absolute atomic E-state index is 0.00494. The summed E-state index contributed by atoms with van der Waals surface area (Å²) in [5.41, 5.74) is -0.298. The molecule has 17 nitrogen and oxygen atoms in total. The highest BCUT2D eigenvalue weighted by Gasteiger charge is 2.51. The molecule has 1 heterocycles. The predicted octanol–water partition coefficient (Wildman–Crippen LogP) is 9.51. The molecule has 0 radical (unpaired) electrons. The van der Waals surface area contributed by atoms with Crippen LogP contribution in [0, 0.1) is 0 Å². The van der Waals surface area contributed by atoms with Gasteiger partial charge in [0.15, 0.2) is 18.7 Å². The molecule has 8 rings (SSSR count). The van der Waals surface area contributed by atoms with Gasteiger partial charge in [-0.15, -0.1) is 0 Å². The molecular formula is C62H76N2O15. The number of benzene rings is 4. The first kappa shape index (κ1) is 58.5. The van der Waals surface area contributed by atoms with Crippen molar-refractivity contribution in [2.24, 2.45) is 0 Å². The molecule has 0 spiro atoms. The van der Waals surface area contributed by atoms with Crippen LogP contribution < -0.4 is 15.4 Å². The van der Waals surface area contributed by atoms with Crippen LogP contribution in [-0.2, 0) is 39.8 Å². The Morgan fingerprint density at radius 3 is 1.95 bits per heavy atom. The van der Waals surface area contributed by atoms with Crippen molar-refractivity contribution in [2.75, 3.05) is 26.9 Å². The fourth-order valence-corrected chi connectivity index (χ4v) is 11.7. The summed E-state index contributed by atoms with van der Waals surface area (Å²) in [4.78, 5) is 81.6. The molecule has 6 atom stereocenters. The monoisotopic (exact) mass is 1090 g/mol. The van der Waals surface area contributed by atoms with Gasteiger partial charge in [-0.1, -0.05) is 151 Å². The minimum Gasteiger partial charge on any atom is -0.507 e. The van der Waals surface area contributed by atoms with Gasteiger partial charge in [-0.25, -0.2) is 4.79 Å². The number of carbonyl (C=O) groups excluding carboxylic acids is 6. The van der Waals surface area contributed by atoms with Crippen molar-refractivity contribution in [1.82, 2.24) is 10.6 Å². The number of aromatic hydroxyl groups is 2. The van der Waals surface area contributed by atoms with Crippen molar-refractivity contribution < 1.29 is 72.9 Å². The van der Waals surface area contributed by atoms with Gasteiger partial charge in [0.25, 0.3) is 0 Å². The van der Waals surface area contributed by atoms with E-state index in [1.54, 1.807) is 0 Å². The van der Waals surface area contributed by atoms with E-state index in [0.29, 0.717) is 6.54 Å². The molecular weight excluding hydrogens is 1010 g/mol. The van der Waals surface area contributed by atoms with Crippen LogP contribution in [0.1, 0.15) is 196 Å². The van der Waals surface area contributed by atoms with E-state index in [1.807, 2.05) is 48.5 Å². The lowest BCUT2D eigenvalue weighted by Gasteiger charge is -2.42. The van der Waals surface area contributed by atoms with Gasteiger partial charge in [0.05, 0.1) is 48.5 Å². The van der Waals surface area contributed by atoms with Crippen molar-refractivity contribution in [3.8, 4) is 28.4 Å². The lowest BCUT2D eigenvalue weighted by molar-refractivity contribution is -0.249. The molecule has 4 aliphatic rings. The number of hydrogen-bond acceptors (Lipinski definition) is 15. The summed E-state index contributed by atoms with van der Waals surface area (Å²) in [5.74, 6) is -5.70. The molecule has 424 valence electrons. The van der Waals surface area contributed by atoms with Crippen LogP contribution in [0.15, 0.2) is 66.7 Å². The van der Waals surface area contributed by atoms with E-state index in [9.17, 15) is 49.2 Å². The summed E-state index contributed by atoms with van der Waals surface area (Å²) in [7, 11) is 1.31. The molecule has 1 aliphatic heterocycles. The second-order valence-corrected chi connectivity index (χ2v) is 21.5. The third-order valence-corrected chi connectivity index (χ3v) is 16.0. The largest absolute Gasteiger partial charge is 0.507 e. The van der Waals surface area contributed by atoms with E-state index < -0.39 is 108 Å². The minimum atomic E-state index is -2.48. The first-order chi connectivity index (χ1) is 38.1. The number of aliphatic hydroxyl groups excluding tert-OH is 1. The Morgan fingerprint density at radius 2 is 1.32 bits per heavy atom. The highest BCUT2D eigenvalue weighted by atomic mass is 16.7. The van der Waals surface area contributed by atoms with Gasteiger partial charge in [-0.05, 0) is 41.7 Å². The number of unbranched alkanes of at least 4 members (excludes halogenated alkanes) is 13. The number of ether oxygens (including phenoxy) is 5. The normalized spacial score (nSPS) is 21.0. The van der Waals surface area contributed by atoms with E-state index in [0.717, 1.165) is 47.9 Å². The summed E-state index contributed by atoms with van der Waals surface area (Å²) in [5, 5.41) is 53.3. The number of hydrogen-bond donors (Lipinski definition) is 6. The number of carbonyl (C=O) groups is 6. The predicted molar refractivity (Wildman–Crippen MR) is 292 cm³/mol. The standard InChI is InChI=1S/C62H76N2O15/c1-4-5-6-7-8-9-10-11-12-13-14-15-16-21-31-63-49(66)29-30-50(67)76-36-48(65)62(74)33-43-53(60(72)55-54(58(43)70)57(69)42-27-22-28-46(75-3)52(42)59(55)71)47(34-62)79-51-32-45(56(68)37(2)78-51)64-61(73)77-35-44-40-25-19-17-23-38(40)39-24-18-20-26-41(39)44/h17-20,22-28,37,44-45,47,51,56,68,70,72,74H,4-16,21,29-36H2,1-3H3,(H,63,66)(H,64,73)/t37-,45-,47-,51-,56+,62-/m0/s1. The molecule has 4 aromatic carbocycles. The SMILES string of the molecule is CCCCCCCCCCCCCCCCNC(=O)CCC(=O)OCC(=O)[C@]1(O)Cc2c(O)c3c(c(O)c2[C@@H](O[C@H]2C[C@H](NC(=O)OCC4c5ccccc5-c5ccccc54)[C@H](O)[C@H](C)O2)C1)C(=O)c1c(OC)cccc1C3=O. The Hall–Kier alpha value is -6.66. The number of Topliss-reactive ketones (excluding diaryl/α,β-unsaturated/α-hetero) is 1. The van der Waals surface area contributed by atoms with Crippen LogP contribution >= 0.6 is 0 Å². The third kappa shape index (κ3) is 13.5. The highest BCUT2D eigenvalue weighted by Crippen LogP contribution is 2.53. The second-order valence-electron chi connectivity index (χ2n) is 21.5. The van der Waals surface area contributed by atoms with Gasteiger partial charge in [0.1, 0.15) is 35.6 Å². The van der Waals surface area contributed by atoms with Gasteiger partial charge in [0, 0.05) is 54.8 Å². The molecule has 1 saturated heterocycles. The Kier molecular flexibility index (Phi) is 20.0. The van der Waals surface area contributed by atoms with E-state index in [2.05, 4.69) is 17.6 Å². The Labute approximate surface area is 461 Å². The third-order valence-electron chi connectivity index (χ3n) is 16.0. The summed E-state index contributed by atoms with van der Waals surface area (Å²) in [6.45, 7) is 3.29. The molecule has 0 aromatic heterocycles. The van der Waals surface area contributed by atoms with E-state index in [-0.39, 0.29) is 65.7 Å². The zero-order chi connectivity index (χ0) is 56.2. The number of rotatable bonds is 27. The van der Waals surface area contributed by atoms with E-state index in [4.69, 9.17) is 23.7 Å². The van der Waals surface area contributed by atoms with Gasteiger partial charge >= 0.3 is 12.1 Å². The second kappa shape index (κ2) is 27.0. The van der Waals surface area contributed by atoms with Crippen LogP contribution in [0.3, 0.4) is 0 Å². The number of phenolic OH excluding ortho intramolecular Hbond substituents is 2. The highest BCUT2D eigenvalue weighted by molar-refractivity contribution is 6.31. The Morgan fingerprint density at radius 1 is 0.722 bits per heavy atom. The number of fused-ring (bicyclic) bond motifs is 6.